The minimum atomic E-state index is -0.281. The van der Waals surface area contributed by atoms with E-state index < -0.39 is 0 Å². The Morgan fingerprint density at radius 3 is 2.50 bits per heavy atom. The molecule has 3 rings (SSSR count). The Labute approximate surface area is 171 Å². The first-order valence-electron chi connectivity index (χ1n) is 9.52. The number of methoxy groups -OCH3 is 1. The van der Waals surface area contributed by atoms with Crippen molar-refractivity contribution in [1.82, 2.24) is 5.32 Å². The lowest BCUT2D eigenvalue weighted by Gasteiger charge is -2.27. The number of esters is 1. The van der Waals surface area contributed by atoms with E-state index in [4.69, 9.17) is 4.74 Å². The van der Waals surface area contributed by atoms with E-state index in [0.29, 0.717) is 11.5 Å². The lowest BCUT2D eigenvalue weighted by atomic mass is 9.87. The number of hydrogen-bond donors (Lipinski definition) is 1. The highest BCUT2D eigenvalue weighted by Crippen LogP contribution is 2.38. The summed E-state index contributed by atoms with van der Waals surface area (Å²) >= 11 is 1.84. The number of thioether (sulfide) groups is 1. The summed E-state index contributed by atoms with van der Waals surface area (Å²) in [6, 6.07) is 18.9. The van der Waals surface area contributed by atoms with E-state index in [0.717, 1.165) is 22.7 Å². The largest absolute Gasteiger partial charge is 0.466 e. The third kappa shape index (κ3) is 4.50. The second kappa shape index (κ2) is 9.16. The second-order valence-electron chi connectivity index (χ2n) is 7.14. The summed E-state index contributed by atoms with van der Waals surface area (Å²) in [5.74, 6) is 1.04. The molecule has 0 bridgehead atoms. The molecular formula is C24H27NO2S. The van der Waals surface area contributed by atoms with Gasteiger partial charge in [-0.15, -0.1) is 11.8 Å². The Balaban J connectivity index is 1.88. The lowest BCUT2D eigenvalue weighted by molar-refractivity contribution is -0.136. The summed E-state index contributed by atoms with van der Waals surface area (Å²) in [7, 11) is 1.44. The summed E-state index contributed by atoms with van der Waals surface area (Å²) in [6.45, 7) is 6.21. The van der Waals surface area contributed by atoms with Crippen LogP contribution in [0.3, 0.4) is 0 Å². The number of allylic oxidation sites excluding steroid dienone is 3. The van der Waals surface area contributed by atoms with E-state index in [1.54, 1.807) is 0 Å². The van der Waals surface area contributed by atoms with Crippen LogP contribution in [-0.4, -0.2) is 18.8 Å². The topological polar surface area (TPSA) is 38.3 Å². The maximum absolute atomic E-state index is 12.5. The maximum atomic E-state index is 12.5. The molecule has 1 aliphatic heterocycles. The smallest absolute Gasteiger partial charge is 0.336 e. The molecule has 0 amide bonds. The van der Waals surface area contributed by atoms with Gasteiger partial charge >= 0.3 is 5.97 Å². The molecular weight excluding hydrogens is 366 g/mol. The first-order valence-corrected chi connectivity index (χ1v) is 10.5. The van der Waals surface area contributed by atoms with E-state index in [-0.39, 0.29) is 11.9 Å². The van der Waals surface area contributed by atoms with Crippen molar-refractivity contribution in [2.24, 2.45) is 0 Å². The van der Waals surface area contributed by atoms with Gasteiger partial charge in [-0.2, -0.15) is 0 Å². The van der Waals surface area contributed by atoms with Gasteiger partial charge in [0, 0.05) is 28.0 Å². The van der Waals surface area contributed by atoms with Crippen molar-refractivity contribution in [3.63, 3.8) is 0 Å². The minimum absolute atomic E-state index is 0.107. The summed E-state index contributed by atoms with van der Waals surface area (Å²) in [5, 5.41) is 3.27. The molecule has 2 aromatic carbocycles. The number of dihydropyridines is 1. The zero-order valence-corrected chi connectivity index (χ0v) is 17.7. The Morgan fingerprint density at radius 2 is 1.79 bits per heavy atom. The van der Waals surface area contributed by atoms with Crippen molar-refractivity contribution in [1.29, 1.82) is 0 Å². The highest BCUT2D eigenvalue weighted by atomic mass is 32.2. The molecule has 2 atom stereocenters. The molecule has 0 spiro atoms. The molecule has 3 nitrogen and oxygen atoms in total. The summed E-state index contributed by atoms with van der Waals surface area (Å²) in [4.78, 5) is 13.7. The number of ether oxygens (including phenoxy) is 1. The number of nitrogens with one attached hydrogen (secondary N) is 1. The second-order valence-corrected chi connectivity index (χ2v) is 8.21. The van der Waals surface area contributed by atoms with E-state index in [1.807, 2.05) is 37.7 Å². The third-order valence-electron chi connectivity index (χ3n) is 5.03. The van der Waals surface area contributed by atoms with Crippen LogP contribution in [-0.2, 0) is 9.53 Å². The zero-order valence-electron chi connectivity index (χ0n) is 16.9. The average Bonchev–Trinajstić information content (AvgIpc) is 2.71. The summed E-state index contributed by atoms with van der Waals surface area (Å²) < 4.78 is 5.07. The van der Waals surface area contributed by atoms with Gasteiger partial charge in [-0.1, -0.05) is 61.5 Å². The molecule has 0 saturated heterocycles. The average molecular weight is 394 g/mol. The van der Waals surface area contributed by atoms with Crippen LogP contribution >= 0.6 is 11.8 Å². The maximum Gasteiger partial charge on any atom is 0.336 e. The fraction of sp³-hybridized carbons (Fsp3) is 0.292. The van der Waals surface area contributed by atoms with Crippen LogP contribution in [0.25, 0.3) is 0 Å². The van der Waals surface area contributed by atoms with Gasteiger partial charge in [0.05, 0.1) is 12.7 Å². The van der Waals surface area contributed by atoms with Crippen LogP contribution in [0.5, 0.6) is 0 Å². The van der Waals surface area contributed by atoms with Crippen molar-refractivity contribution in [2.45, 2.75) is 37.5 Å². The van der Waals surface area contributed by atoms with E-state index in [2.05, 4.69) is 60.8 Å². The predicted molar refractivity (Wildman–Crippen MR) is 116 cm³/mol. The van der Waals surface area contributed by atoms with Gasteiger partial charge in [-0.25, -0.2) is 4.79 Å². The quantitative estimate of drug-likeness (QED) is 0.511. The molecule has 0 fully saturated rings. The summed E-state index contributed by atoms with van der Waals surface area (Å²) in [6.07, 6.45) is 2.11. The number of rotatable bonds is 6. The van der Waals surface area contributed by atoms with E-state index in [1.165, 1.54) is 17.6 Å². The van der Waals surface area contributed by atoms with Crippen molar-refractivity contribution < 1.29 is 9.53 Å². The molecule has 0 aromatic heterocycles. The fourth-order valence-electron chi connectivity index (χ4n) is 3.57. The van der Waals surface area contributed by atoms with Crippen LogP contribution in [0.15, 0.2) is 82.5 Å². The molecule has 1 aliphatic rings. The first kappa shape index (κ1) is 20.3. The van der Waals surface area contributed by atoms with E-state index in [9.17, 15) is 4.79 Å². The molecule has 0 radical (unpaired) electrons. The number of carbonyl (C=O) groups excluding carboxylic acids is 1. The first-order chi connectivity index (χ1) is 13.5. The minimum Gasteiger partial charge on any atom is -0.466 e. The van der Waals surface area contributed by atoms with Gasteiger partial charge in [0.2, 0.25) is 0 Å². The Bertz CT molecular complexity index is 902. The van der Waals surface area contributed by atoms with Crippen LogP contribution < -0.4 is 5.32 Å². The van der Waals surface area contributed by atoms with Crippen molar-refractivity contribution in [3.8, 4) is 0 Å². The van der Waals surface area contributed by atoms with Gasteiger partial charge in [-0.05, 0) is 37.0 Å². The number of hydrogen-bond acceptors (Lipinski definition) is 4. The molecule has 1 N–H and O–H groups in total. The number of benzene rings is 2. The van der Waals surface area contributed by atoms with Crippen LogP contribution in [0, 0.1) is 0 Å². The standard InChI is InChI=1S/C24H27NO2S/c1-16(19-10-6-5-7-11-19)15-28-22-13-9-8-12-20(22)21-14-17(2)25-18(3)23(21)24(26)27-4/h5-14,16,21,25H,15H2,1-4H3. The highest BCUT2D eigenvalue weighted by Gasteiger charge is 2.29. The van der Waals surface area contributed by atoms with Gasteiger partial charge in [0.25, 0.3) is 0 Å². The van der Waals surface area contributed by atoms with Crippen LogP contribution in [0.4, 0.5) is 0 Å². The Kier molecular flexibility index (Phi) is 6.63. The van der Waals surface area contributed by atoms with Crippen molar-refractivity contribution in [3.05, 3.63) is 88.8 Å². The van der Waals surface area contributed by atoms with Gasteiger partial charge in [-0.3, -0.25) is 0 Å². The Morgan fingerprint density at radius 1 is 1.11 bits per heavy atom. The molecule has 0 saturated carbocycles. The third-order valence-corrected chi connectivity index (χ3v) is 6.38. The van der Waals surface area contributed by atoms with Gasteiger partial charge < -0.3 is 10.1 Å². The molecule has 4 heteroatoms. The monoisotopic (exact) mass is 393 g/mol. The molecule has 1 heterocycles. The van der Waals surface area contributed by atoms with Crippen LogP contribution in [0.2, 0.25) is 0 Å². The molecule has 28 heavy (non-hydrogen) atoms. The van der Waals surface area contributed by atoms with E-state index >= 15 is 0 Å². The molecule has 2 unspecified atom stereocenters. The number of carbonyl (C=O) groups is 1. The highest BCUT2D eigenvalue weighted by molar-refractivity contribution is 7.99. The van der Waals surface area contributed by atoms with Gasteiger partial charge in [0.15, 0.2) is 0 Å². The lowest BCUT2D eigenvalue weighted by Crippen LogP contribution is -2.25. The molecule has 0 aliphatic carbocycles. The normalized spacial score (nSPS) is 17.6. The predicted octanol–water partition coefficient (Wildman–Crippen LogP) is 5.62. The molecule has 146 valence electrons. The van der Waals surface area contributed by atoms with Gasteiger partial charge in [0.1, 0.15) is 0 Å². The Hall–Kier alpha value is -2.46. The zero-order chi connectivity index (χ0) is 20.1. The van der Waals surface area contributed by atoms with Crippen LogP contribution in [0.1, 0.15) is 43.7 Å². The summed E-state index contributed by atoms with van der Waals surface area (Å²) in [5.41, 5.74) is 5.07. The fourth-order valence-corrected chi connectivity index (χ4v) is 4.73. The SMILES string of the molecule is COC(=O)C1=C(C)NC(C)=CC1c1ccccc1SCC(C)c1ccccc1. The molecule has 2 aromatic rings. The van der Waals surface area contributed by atoms with Crippen molar-refractivity contribution in [2.75, 3.05) is 12.9 Å². The van der Waals surface area contributed by atoms with Crippen molar-refractivity contribution >= 4 is 17.7 Å².